The van der Waals surface area contributed by atoms with E-state index in [4.69, 9.17) is 5.11 Å². The predicted molar refractivity (Wildman–Crippen MR) is 66.3 cm³/mol. The zero-order valence-corrected chi connectivity index (χ0v) is 10.4. The zero-order chi connectivity index (χ0) is 13.5. The molecule has 0 radical (unpaired) electrons. The van der Waals surface area contributed by atoms with E-state index in [0.717, 1.165) is 11.8 Å². The molecule has 0 saturated carbocycles. The van der Waals surface area contributed by atoms with Crippen LogP contribution in [0.3, 0.4) is 0 Å². The minimum atomic E-state index is -1.13. The highest BCUT2D eigenvalue weighted by Gasteiger charge is 2.19. The van der Waals surface area contributed by atoms with Gasteiger partial charge in [-0.2, -0.15) is 0 Å². The number of hydrogen-bond donors (Lipinski definition) is 2. The van der Waals surface area contributed by atoms with E-state index in [0.29, 0.717) is 5.56 Å². The van der Waals surface area contributed by atoms with Crippen LogP contribution in [0.2, 0.25) is 0 Å². The minimum Gasteiger partial charge on any atom is -0.480 e. The van der Waals surface area contributed by atoms with E-state index in [9.17, 15) is 14.4 Å². The van der Waals surface area contributed by atoms with Gasteiger partial charge in [0.2, 0.25) is 11.0 Å². The van der Waals surface area contributed by atoms with Gasteiger partial charge in [-0.1, -0.05) is 11.8 Å². The maximum Gasteiger partial charge on any atom is 0.322 e. The average molecular weight is 268 g/mol. The quantitative estimate of drug-likeness (QED) is 0.809. The second-order valence-corrected chi connectivity index (χ2v) is 4.71. The number of thioether (sulfide) groups is 1. The Morgan fingerprint density at radius 2 is 2.22 bits per heavy atom. The smallest absolute Gasteiger partial charge is 0.322 e. The van der Waals surface area contributed by atoms with Crippen molar-refractivity contribution in [1.29, 1.82) is 0 Å². The van der Waals surface area contributed by atoms with E-state index in [1.165, 1.54) is 13.1 Å². The highest BCUT2D eigenvalue weighted by Crippen LogP contribution is 2.17. The molecule has 0 saturated heterocycles. The predicted octanol–water partition coefficient (Wildman–Crippen LogP) is 0.544. The molecule has 1 unspecified atom stereocenters. The van der Waals surface area contributed by atoms with Gasteiger partial charge >= 0.3 is 5.97 Å². The lowest BCUT2D eigenvalue weighted by Gasteiger charge is -2.09. The molecule has 1 amide bonds. The zero-order valence-electron chi connectivity index (χ0n) is 9.62. The molecule has 0 aliphatic rings. The van der Waals surface area contributed by atoms with Gasteiger partial charge in [0.15, 0.2) is 0 Å². The van der Waals surface area contributed by atoms with Crippen molar-refractivity contribution in [2.75, 3.05) is 6.54 Å². The number of carbonyl (C=O) groups is 3. The van der Waals surface area contributed by atoms with E-state index in [1.807, 2.05) is 0 Å². The van der Waals surface area contributed by atoms with Gasteiger partial charge in [0.05, 0.1) is 5.25 Å². The molecule has 1 rings (SSSR count). The molecule has 2 N–H and O–H groups in total. The third-order valence-electron chi connectivity index (χ3n) is 1.96. The lowest BCUT2D eigenvalue weighted by atomic mass is 10.3. The van der Waals surface area contributed by atoms with Crippen LogP contribution in [0.15, 0.2) is 24.5 Å². The maximum absolute atomic E-state index is 11.7. The Labute approximate surface area is 108 Å². The average Bonchev–Trinajstić information content (AvgIpc) is 2.36. The van der Waals surface area contributed by atoms with E-state index in [-0.39, 0.29) is 5.12 Å². The molecule has 7 heteroatoms. The number of aromatic nitrogens is 1. The summed E-state index contributed by atoms with van der Waals surface area (Å²) in [5, 5.41) is 9.69. The van der Waals surface area contributed by atoms with E-state index in [2.05, 4.69) is 10.3 Å². The van der Waals surface area contributed by atoms with Crippen LogP contribution in [0.25, 0.3) is 0 Å². The Morgan fingerprint density at radius 1 is 1.50 bits per heavy atom. The Kier molecular flexibility index (Phi) is 5.31. The molecule has 18 heavy (non-hydrogen) atoms. The number of rotatable bonds is 5. The van der Waals surface area contributed by atoms with Crippen LogP contribution in [0.5, 0.6) is 0 Å². The molecule has 0 spiro atoms. The first-order chi connectivity index (χ1) is 8.50. The third kappa shape index (κ3) is 4.54. The van der Waals surface area contributed by atoms with Gasteiger partial charge in [0.1, 0.15) is 6.54 Å². The first-order valence-corrected chi connectivity index (χ1v) is 5.99. The van der Waals surface area contributed by atoms with Gasteiger partial charge in [0.25, 0.3) is 0 Å². The van der Waals surface area contributed by atoms with Crippen LogP contribution in [-0.4, -0.2) is 38.9 Å². The highest BCUT2D eigenvalue weighted by atomic mass is 32.2. The van der Waals surface area contributed by atoms with E-state index >= 15 is 0 Å². The van der Waals surface area contributed by atoms with Crippen LogP contribution in [-0.2, 0) is 9.59 Å². The summed E-state index contributed by atoms with van der Waals surface area (Å²) < 4.78 is 0. The second-order valence-electron chi connectivity index (χ2n) is 3.40. The van der Waals surface area contributed by atoms with Gasteiger partial charge in [-0.25, -0.2) is 0 Å². The fourth-order valence-electron chi connectivity index (χ4n) is 1.07. The van der Waals surface area contributed by atoms with Crippen LogP contribution in [0, 0.1) is 0 Å². The fourth-order valence-corrected chi connectivity index (χ4v) is 1.84. The molecule has 0 aromatic carbocycles. The van der Waals surface area contributed by atoms with Gasteiger partial charge in [-0.15, -0.1) is 0 Å². The number of carbonyl (C=O) groups excluding carboxylic acids is 2. The molecule has 1 aromatic heterocycles. The maximum atomic E-state index is 11.7. The molecule has 96 valence electrons. The Bertz CT molecular complexity index is 450. The molecule has 1 aromatic rings. The number of nitrogens with zero attached hydrogens (tertiary/aromatic N) is 1. The molecule has 0 fully saturated rings. The van der Waals surface area contributed by atoms with Crippen molar-refractivity contribution in [2.45, 2.75) is 12.2 Å². The lowest BCUT2D eigenvalue weighted by molar-refractivity contribution is -0.137. The number of nitrogens with one attached hydrogen (secondary N) is 1. The van der Waals surface area contributed by atoms with E-state index < -0.39 is 23.7 Å². The number of amides is 1. The monoisotopic (exact) mass is 268 g/mol. The van der Waals surface area contributed by atoms with Crippen molar-refractivity contribution >= 4 is 28.8 Å². The third-order valence-corrected chi connectivity index (χ3v) is 2.98. The Balaban J connectivity index is 2.49. The Hall–Kier alpha value is -1.89. The fraction of sp³-hybridized carbons (Fsp3) is 0.273. The van der Waals surface area contributed by atoms with Gasteiger partial charge in [-0.3, -0.25) is 19.4 Å². The first kappa shape index (κ1) is 14.2. The van der Waals surface area contributed by atoms with Crippen LogP contribution in [0.4, 0.5) is 0 Å². The molecular weight excluding hydrogens is 256 g/mol. The molecule has 0 aliphatic carbocycles. The molecule has 1 heterocycles. The number of hydrogen-bond acceptors (Lipinski definition) is 5. The van der Waals surface area contributed by atoms with Crippen LogP contribution >= 0.6 is 11.8 Å². The van der Waals surface area contributed by atoms with Crippen LogP contribution in [0.1, 0.15) is 17.3 Å². The first-order valence-electron chi connectivity index (χ1n) is 5.11. The van der Waals surface area contributed by atoms with E-state index in [1.54, 1.807) is 18.3 Å². The molecule has 1 atom stereocenters. The minimum absolute atomic E-state index is 0.277. The molecule has 0 aliphatic heterocycles. The number of carboxylic acid groups (broad SMARTS) is 1. The highest BCUT2D eigenvalue weighted by molar-refractivity contribution is 8.15. The SMILES string of the molecule is CC(SC(=O)c1cccnc1)C(=O)NCC(=O)O. The number of pyridine rings is 1. The number of carboxylic acids is 1. The summed E-state index contributed by atoms with van der Waals surface area (Å²) in [7, 11) is 0. The summed E-state index contributed by atoms with van der Waals surface area (Å²) in [6, 6.07) is 3.23. The van der Waals surface area contributed by atoms with Crippen molar-refractivity contribution in [3.05, 3.63) is 30.1 Å². The van der Waals surface area contributed by atoms with Crippen LogP contribution < -0.4 is 5.32 Å². The van der Waals surface area contributed by atoms with Crippen molar-refractivity contribution in [1.82, 2.24) is 10.3 Å². The summed E-state index contributed by atoms with van der Waals surface area (Å²) >= 11 is 0.829. The Morgan fingerprint density at radius 3 is 2.78 bits per heavy atom. The standard InChI is InChI=1S/C11H12N2O4S/c1-7(10(16)13-6-9(14)15)18-11(17)8-3-2-4-12-5-8/h2-5,7H,6H2,1H3,(H,13,16)(H,14,15). The topological polar surface area (TPSA) is 96.4 Å². The normalized spacial score (nSPS) is 11.6. The van der Waals surface area contributed by atoms with Gasteiger partial charge in [0, 0.05) is 18.0 Å². The van der Waals surface area contributed by atoms with Gasteiger partial charge in [-0.05, 0) is 19.1 Å². The van der Waals surface area contributed by atoms with Crippen molar-refractivity contribution < 1.29 is 19.5 Å². The van der Waals surface area contributed by atoms with Crippen molar-refractivity contribution in [2.24, 2.45) is 0 Å². The summed E-state index contributed by atoms with van der Waals surface area (Å²) in [5.41, 5.74) is 0.403. The van der Waals surface area contributed by atoms with Crippen molar-refractivity contribution in [3.8, 4) is 0 Å². The summed E-state index contributed by atoms with van der Waals surface area (Å²) in [5.74, 6) is -1.61. The second kappa shape index (κ2) is 6.75. The molecule has 6 nitrogen and oxygen atoms in total. The van der Waals surface area contributed by atoms with Gasteiger partial charge < -0.3 is 10.4 Å². The lowest BCUT2D eigenvalue weighted by Crippen LogP contribution is -2.35. The van der Waals surface area contributed by atoms with Crippen molar-refractivity contribution in [3.63, 3.8) is 0 Å². The summed E-state index contributed by atoms with van der Waals surface area (Å²) in [6.45, 7) is 1.08. The molecular formula is C11H12N2O4S. The summed E-state index contributed by atoms with van der Waals surface area (Å²) in [4.78, 5) is 37.3. The molecule has 0 bridgehead atoms. The summed E-state index contributed by atoms with van der Waals surface area (Å²) in [6.07, 6.45) is 2.96. The number of aliphatic carboxylic acids is 1. The largest absolute Gasteiger partial charge is 0.480 e.